The first-order chi connectivity index (χ1) is 14.0. The van der Waals surface area contributed by atoms with E-state index >= 15 is 0 Å². The first-order valence-electron chi connectivity index (χ1n) is 9.86. The summed E-state index contributed by atoms with van der Waals surface area (Å²) in [6.07, 6.45) is 2.09. The minimum Gasteiger partial charge on any atom is -0.347 e. The van der Waals surface area contributed by atoms with Crippen LogP contribution in [0.15, 0.2) is 60.8 Å². The molecule has 1 unspecified atom stereocenters. The average Bonchev–Trinajstić information content (AvgIpc) is 3.35. The number of anilines is 1. The minimum absolute atomic E-state index is 0.100. The number of thioether (sulfide) groups is 1. The van der Waals surface area contributed by atoms with Gasteiger partial charge < -0.3 is 14.8 Å². The van der Waals surface area contributed by atoms with E-state index < -0.39 is 6.04 Å². The maximum absolute atomic E-state index is 12.9. The van der Waals surface area contributed by atoms with E-state index in [4.69, 9.17) is 0 Å². The van der Waals surface area contributed by atoms with E-state index in [1.807, 2.05) is 36.4 Å². The lowest BCUT2D eigenvalue weighted by Gasteiger charge is -2.23. The second-order valence-corrected chi connectivity index (χ2v) is 8.78. The van der Waals surface area contributed by atoms with Crippen LogP contribution in [0.2, 0.25) is 0 Å². The summed E-state index contributed by atoms with van der Waals surface area (Å²) in [5, 5.41) is 4.11. The monoisotopic (exact) mass is 407 g/mol. The Kier molecular flexibility index (Phi) is 5.62. The van der Waals surface area contributed by atoms with Crippen LogP contribution in [0.25, 0.3) is 10.9 Å². The molecule has 5 nitrogen and oxygen atoms in total. The van der Waals surface area contributed by atoms with Crippen LogP contribution in [-0.4, -0.2) is 39.0 Å². The number of carbonyl (C=O) groups excluding carboxylic acids is 2. The standard InChI is InChI=1S/C23H25N3O2S/c1-16(2)13-25-11-10-18-12-19(8-9-20(18)25)24-22(27)21-14-29-15-26(21)23(28)17-6-4-3-5-7-17/h3-12,16,21H,13-15H2,1-2H3,(H,24,27). The molecule has 0 bridgehead atoms. The van der Waals surface area contributed by atoms with Crippen molar-refractivity contribution < 1.29 is 9.59 Å². The Bertz CT molecular complexity index is 1030. The zero-order valence-electron chi connectivity index (χ0n) is 16.7. The number of hydrogen-bond donors (Lipinski definition) is 1. The molecule has 1 saturated heterocycles. The Morgan fingerprint density at radius 3 is 2.69 bits per heavy atom. The summed E-state index contributed by atoms with van der Waals surface area (Å²) in [4.78, 5) is 27.4. The zero-order chi connectivity index (χ0) is 20.4. The quantitative estimate of drug-likeness (QED) is 0.680. The van der Waals surface area contributed by atoms with Crippen molar-refractivity contribution in [1.29, 1.82) is 0 Å². The molecule has 29 heavy (non-hydrogen) atoms. The Balaban J connectivity index is 1.49. The smallest absolute Gasteiger partial charge is 0.255 e. The van der Waals surface area contributed by atoms with Crippen LogP contribution in [0.1, 0.15) is 24.2 Å². The van der Waals surface area contributed by atoms with Crippen LogP contribution in [-0.2, 0) is 11.3 Å². The number of hydrogen-bond acceptors (Lipinski definition) is 3. The molecule has 6 heteroatoms. The fourth-order valence-corrected chi connectivity index (χ4v) is 4.82. The van der Waals surface area contributed by atoms with E-state index in [2.05, 4.69) is 36.0 Å². The maximum atomic E-state index is 12.9. The lowest BCUT2D eigenvalue weighted by Crippen LogP contribution is -2.44. The fourth-order valence-electron chi connectivity index (χ4n) is 3.66. The number of aromatic nitrogens is 1. The van der Waals surface area contributed by atoms with Gasteiger partial charge in [-0.25, -0.2) is 0 Å². The summed E-state index contributed by atoms with van der Waals surface area (Å²) in [5.74, 6) is 1.47. The molecule has 1 aliphatic rings. The summed E-state index contributed by atoms with van der Waals surface area (Å²) in [7, 11) is 0. The van der Waals surface area contributed by atoms with E-state index in [9.17, 15) is 9.59 Å². The fraction of sp³-hybridized carbons (Fsp3) is 0.304. The number of carbonyl (C=O) groups is 2. The highest BCUT2D eigenvalue weighted by atomic mass is 32.2. The molecular weight excluding hydrogens is 382 g/mol. The lowest BCUT2D eigenvalue weighted by molar-refractivity contribution is -0.119. The summed E-state index contributed by atoms with van der Waals surface area (Å²) >= 11 is 1.60. The third-order valence-corrected chi connectivity index (χ3v) is 6.08. The molecule has 2 heterocycles. The molecule has 2 amide bonds. The third kappa shape index (κ3) is 4.17. The lowest BCUT2D eigenvalue weighted by atomic mass is 10.1. The second kappa shape index (κ2) is 8.33. The average molecular weight is 408 g/mol. The highest BCUT2D eigenvalue weighted by molar-refractivity contribution is 7.99. The van der Waals surface area contributed by atoms with Gasteiger partial charge in [0.15, 0.2) is 0 Å². The Morgan fingerprint density at radius 1 is 1.14 bits per heavy atom. The first kappa shape index (κ1) is 19.6. The van der Waals surface area contributed by atoms with Gasteiger partial charge >= 0.3 is 0 Å². The van der Waals surface area contributed by atoms with Crippen molar-refractivity contribution in [3.63, 3.8) is 0 Å². The summed E-state index contributed by atoms with van der Waals surface area (Å²) in [6.45, 7) is 5.36. The van der Waals surface area contributed by atoms with Gasteiger partial charge in [-0.3, -0.25) is 9.59 Å². The van der Waals surface area contributed by atoms with E-state index in [1.165, 1.54) is 0 Å². The molecule has 1 fully saturated rings. The van der Waals surface area contributed by atoms with Crippen molar-refractivity contribution in [3.05, 3.63) is 66.4 Å². The van der Waals surface area contributed by atoms with Crippen LogP contribution < -0.4 is 5.32 Å². The van der Waals surface area contributed by atoms with Crippen molar-refractivity contribution in [2.75, 3.05) is 16.9 Å². The SMILES string of the molecule is CC(C)Cn1ccc2cc(NC(=O)C3CSCN3C(=O)c3ccccc3)ccc21. The van der Waals surface area contributed by atoms with Gasteiger partial charge in [0.1, 0.15) is 6.04 Å². The summed E-state index contributed by atoms with van der Waals surface area (Å²) in [5.41, 5.74) is 2.53. The van der Waals surface area contributed by atoms with Crippen LogP contribution in [0.5, 0.6) is 0 Å². The maximum Gasteiger partial charge on any atom is 0.255 e. The largest absolute Gasteiger partial charge is 0.347 e. The molecular formula is C23H25N3O2S. The third-order valence-electron chi connectivity index (χ3n) is 5.07. The predicted octanol–water partition coefficient (Wildman–Crippen LogP) is 4.45. The molecule has 150 valence electrons. The molecule has 0 saturated carbocycles. The molecule has 1 N–H and O–H groups in total. The van der Waals surface area contributed by atoms with Gasteiger partial charge in [0, 0.05) is 40.6 Å². The molecule has 0 aliphatic carbocycles. The van der Waals surface area contributed by atoms with Crippen LogP contribution in [0.3, 0.4) is 0 Å². The number of benzene rings is 2. The Labute approximate surface area is 175 Å². The Morgan fingerprint density at radius 2 is 1.93 bits per heavy atom. The molecule has 3 aromatic rings. The van der Waals surface area contributed by atoms with Gasteiger partial charge in [-0.2, -0.15) is 0 Å². The summed E-state index contributed by atoms with van der Waals surface area (Å²) < 4.78 is 2.24. The molecule has 0 radical (unpaired) electrons. The highest BCUT2D eigenvalue weighted by Gasteiger charge is 2.35. The van der Waals surface area contributed by atoms with E-state index in [-0.39, 0.29) is 11.8 Å². The molecule has 0 spiro atoms. The van der Waals surface area contributed by atoms with Gasteiger partial charge in [-0.05, 0) is 42.3 Å². The summed E-state index contributed by atoms with van der Waals surface area (Å²) in [6, 6.07) is 16.7. The second-order valence-electron chi connectivity index (χ2n) is 7.78. The van der Waals surface area contributed by atoms with Crippen molar-refractivity contribution in [3.8, 4) is 0 Å². The molecule has 1 aliphatic heterocycles. The Hall–Kier alpha value is -2.73. The number of rotatable bonds is 5. The minimum atomic E-state index is -0.464. The highest BCUT2D eigenvalue weighted by Crippen LogP contribution is 2.26. The van der Waals surface area contributed by atoms with Crippen LogP contribution in [0.4, 0.5) is 5.69 Å². The molecule has 4 rings (SSSR count). The van der Waals surface area contributed by atoms with Crippen LogP contribution >= 0.6 is 11.8 Å². The van der Waals surface area contributed by atoms with Gasteiger partial charge in [-0.1, -0.05) is 32.0 Å². The number of nitrogens with one attached hydrogen (secondary N) is 1. The van der Waals surface area contributed by atoms with Crippen LogP contribution in [0, 0.1) is 5.92 Å². The molecule has 1 atom stereocenters. The number of fused-ring (bicyclic) bond motifs is 1. The van der Waals surface area contributed by atoms with Crippen molar-refractivity contribution in [2.24, 2.45) is 5.92 Å². The number of nitrogens with zero attached hydrogens (tertiary/aromatic N) is 2. The predicted molar refractivity (Wildman–Crippen MR) is 119 cm³/mol. The molecule has 1 aromatic heterocycles. The topological polar surface area (TPSA) is 54.3 Å². The van der Waals surface area contributed by atoms with Gasteiger partial charge in [0.2, 0.25) is 5.91 Å². The molecule has 2 aromatic carbocycles. The normalized spacial score (nSPS) is 16.5. The first-order valence-corrected chi connectivity index (χ1v) is 11.0. The van der Waals surface area contributed by atoms with Crippen molar-refractivity contribution in [2.45, 2.75) is 26.4 Å². The number of amides is 2. The van der Waals surface area contributed by atoms with Gasteiger partial charge in [-0.15, -0.1) is 11.8 Å². The van der Waals surface area contributed by atoms with Crippen molar-refractivity contribution in [1.82, 2.24) is 9.47 Å². The van der Waals surface area contributed by atoms with E-state index in [0.29, 0.717) is 23.1 Å². The van der Waals surface area contributed by atoms with Gasteiger partial charge in [0.25, 0.3) is 5.91 Å². The van der Waals surface area contributed by atoms with Crippen molar-refractivity contribution >= 4 is 40.2 Å². The van der Waals surface area contributed by atoms with E-state index in [0.717, 1.165) is 23.1 Å². The zero-order valence-corrected chi connectivity index (χ0v) is 17.5. The van der Waals surface area contributed by atoms with Gasteiger partial charge in [0.05, 0.1) is 5.88 Å². The van der Waals surface area contributed by atoms with E-state index in [1.54, 1.807) is 28.8 Å².